The van der Waals surface area contributed by atoms with E-state index in [0.29, 0.717) is 17.1 Å². The van der Waals surface area contributed by atoms with Crippen molar-refractivity contribution in [1.29, 1.82) is 0 Å². The minimum absolute atomic E-state index is 0.0725. The van der Waals surface area contributed by atoms with Crippen LogP contribution in [0, 0.1) is 10.1 Å². The second kappa shape index (κ2) is 9.54. The fourth-order valence-electron chi connectivity index (χ4n) is 2.95. The molecule has 3 rings (SSSR count). The highest BCUT2D eigenvalue weighted by atomic mass is 32.2. The van der Waals surface area contributed by atoms with Gasteiger partial charge in [-0.3, -0.25) is 10.1 Å². The zero-order chi connectivity index (χ0) is 21.7. The molecule has 11 heteroatoms. The number of sulfonamides is 1. The summed E-state index contributed by atoms with van der Waals surface area (Å²) in [5.41, 5.74) is 0.257. The number of methoxy groups -OCH3 is 2. The molecule has 1 atom stereocenters. The van der Waals surface area contributed by atoms with Gasteiger partial charge in [0.25, 0.3) is 5.69 Å². The maximum Gasteiger partial charge on any atom is 0.271 e. The molecule has 0 aromatic heterocycles. The van der Waals surface area contributed by atoms with Gasteiger partial charge in [-0.1, -0.05) is 6.07 Å². The summed E-state index contributed by atoms with van der Waals surface area (Å²) in [6.45, 7) is -0.0725. The molecular formula is C19H22N2O7S2. The molecule has 2 aromatic rings. The van der Waals surface area contributed by atoms with Gasteiger partial charge in [0, 0.05) is 36.1 Å². The Hall–Kier alpha value is -2.50. The van der Waals surface area contributed by atoms with Crippen molar-refractivity contribution in [2.45, 2.75) is 24.0 Å². The molecule has 1 heterocycles. The molecule has 0 bridgehead atoms. The molecule has 9 nitrogen and oxygen atoms in total. The van der Waals surface area contributed by atoms with Crippen LogP contribution in [0.25, 0.3) is 0 Å². The van der Waals surface area contributed by atoms with Crippen molar-refractivity contribution >= 4 is 27.5 Å². The average Bonchev–Trinajstić information content (AvgIpc) is 3.25. The molecule has 0 aliphatic carbocycles. The molecule has 0 saturated carbocycles. The Balaban J connectivity index is 1.88. The molecule has 0 radical (unpaired) electrons. The van der Waals surface area contributed by atoms with E-state index in [1.54, 1.807) is 30.0 Å². The Morgan fingerprint density at radius 1 is 1.17 bits per heavy atom. The maximum atomic E-state index is 13.0. The third-order valence-corrected chi connectivity index (χ3v) is 7.11. The highest BCUT2D eigenvalue weighted by Gasteiger charge is 2.26. The lowest BCUT2D eigenvalue weighted by Crippen LogP contribution is -2.25. The highest BCUT2D eigenvalue weighted by molar-refractivity contribution is 7.99. The SMILES string of the molecule is COc1ccc(CNS(=O)(=O)c2cc([N+](=O)[O-])ccc2OC2CCSC2)c(OC)c1. The fourth-order valence-corrected chi connectivity index (χ4v) is 5.20. The average molecular weight is 455 g/mol. The van der Waals surface area contributed by atoms with E-state index in [9.17, 15) is 18.5 Å². The van der Waals surface area contributed by atoms with Crippen molar-refractivity contribution in [3.8, 4) is 17.2 Å². The number of nitro groups is 1. The summed E-state index contributed by atoms with van der Waals surface area (Å²) in [4.78, 5) is 10.3. The van der Waals surface area contributed by atoms with Crippen molar-refractivity contribution in [3.05, 3.63) is 52.1 Å². The van der Waals surface area contributed by atoms with Crippen molar-refractivity contribution in [3.63, 3.8) is 0 Å². The van der Waals surface area contributed by atoms with E-state index in [1.807, 2.05) is 0 Å². The molecule has 1 aliphatic rings. The lowest BCUT2D eigenvalue weighted by molar-refractivity contribution is -0.385. The summed E-state index contributed by atoms with van der Waals surface area (Å²) in [5, 5.41) is 11.2. The topological polar surface area (TPSA) is 117 Å². The number of nitrogens with one attached hydrogen (secondary N) is 1. The molecule has 162 valence electrons. The van der Waals surface area contributed by atoms with Gasteiger partial charge in [-0.2, -0.15) is 11.8 Å². The molecule has 1 unspecified atom stereocenters. The van der Waals surface area contributed by atoms with Crippen LogP contribution in [0.1, 0.15) is 12.0 Å². The lowest BCUT2D eigenvalue weighted by Gasteiger charge is -2.17. The zero-order valence-corrected chi connectivity index (χ0v) is 18.1. The molecule has 1 saturated heterocycles. The van der Waals surface area contributed by atoms with Crippen LogP contribution in [-0.4, -0.2) is 45.2 Å². The molecule has 30 heavy (non-hydrogen) atoms. The lowest BCUT2D eigenvalue weighted by atomic mass is 10.2. The van der Waals surface area contributed by atoms with E-state index in [4.69, 9.17) is 14.2 Å². The molecule has 1 fully saturated rings. The number of nitrogens with zero attached hydrogens (tertiary/aromatic N) is 1. The summed E-state index contributed by atoms with van der Waals surface area (Å²) in [6.07, 6.45) is 0.657. The number of nitro benzene ring substituents is 1. The van der Waals surface area contributed by atoms with Crippen molar-refractivity contribution < 1.29 is 27.6 Å². The van der Waals surface area contributed by atoms with Crippen LogP contribution in [0.5, 0.6) is 17.2 Å². The van der Waals surface area contributed by atoms with Crippen LogP contribution in [0.3, 0.4) is 0 Å². The summed E-state index contributed by atoms with van der Waals surface area (Å²) >= 11 is 1.71. The van der Waals surface area contributed by atoms with Gasteiger partial charge in [-0.05, 0) is 24.3 Å². The van der Waals surface area contributed by atoms with Gasteiger partial charge in [0.2, 0.25) is 10.0 Å². The second-order valence-electron chi connectivity index (χ2n) is 6.49. The number of benzene rings is 2. The smallest absolute Gasteiger partial charge is 0.271 e. The van der Waals surface area contributed by atoms with E-state index in [2.05, 4.69) is 4.72 Å². The summed E-state index contributed by atoms with van der Waals surface area (Å²) < 4.78 is 44.8. The normalized spacial score (nSPS) is 16.3. The van der Waals surface area contributed by atoms with E-state index < -0.39 is 14.9 Å². The monoisotopic (exact) mass is 454 g/mol. The standard InChI is InChI=1S/C19H22N2O7S2/c1-26-15-5-3-13(18(10-15)27-2)11-20-30(24,25)19-9-14(21(22)23)4-6-17(19)28-16-7-8-29-12-16/h3-6,9-10,16,20H,7-8,11-12H2,1-2H3. The maximum absolute atomic E-state index is 13.0. The minimum atomic E-state index is -4.10. The van der Waals surface area contributed by atoms with Gasteiger partial charge < -0.3 is 14.2 Å². The quantitative estimate of drug-likeness (QED) is 0.454. The van der Waals surface area contributed by atoms with Gasteiger partial charge in [0.15, 0.2) is 0 Å². The summed E-state index contributed by atoms with van der Waals surface area (Å²) in [5.74, 6) is 2.79. The van der Waals surface area contributed by atoms with Gasteiger partial charge in [-0.25, -0.2) is 13.1 Å². The van der Waals surface area contributed by atoms with Crippen LogP contribution in [0.15, 0.2) is 41.3 Å². The van der Waals surface area contributed by atoms with Crippen LogP contribution < -0.4 is 18.9 Å². The molecule has 2 aromatic carbocycles. The van der Waals surface area contributed by atoms with Crippen LogP contribution in [-0.2, 0) is 16.6 Å². The summed E-state index contributed by atoms with van der Waals surface area (Å²) in [6, 6.07) is 8.60. The fraction of sp³-hybridized carbons (Fsp3) is 0.368. The van der Waals surface area contributed by atoms with E-state index in [1.165, 1.54) is 26.4 Å². The molecule has 1 aliphatic heterocycles. The first-order chi connectivity index (χ1) is 14.3. The van der Waals surface area contributed by atoms with Gasteiger partial charge in [0.1, 0.15) is 28.2 Å². The van der Waals surface area contributed by atoms with Crippen molar-refractivity contribution in [1.82, 2.24) is 4.72 Å². The predicted octanol–water partition coefficient (Wildman–Crippen LogP) is 2.97. The number of thioether (sulfide) groups is 1. The first-order valence-corrected chi connectivity index (χ1v) is 11.7. The largest absolute Gasteiger partial charge is 0.497 e. The summed E-state index contributed by atoms with van der Waals surface area (Å²) in [7, 11) is -1.11. The van der Waals surface area contributed by atoms with Gasteiger partial charge in [-0.15, -0.1) is 0 Å². The van der Waals surface area contributed by atoms with Crippen molar-refractivity contribution in [2.24, 2.45) is 0 Å². The molecular weight excluding hydrogens is 432 g/mol. The number of non-ortho nitro benzene ring substituents is 1. The third-order valence-electron chi connectivity index (χ3n) is 4.56. The minimum Gasteiger partial charge on any atom is -0.497 e. The number of ether oxygens (including phenoxy) is 3. The van der Waals surface area contributed by atoms with Crippen LogP contribution in [0.4, 0.5) is 5.69 Å². The molecule has 0 spiro atoms. The zero-order valence-electron chi connectivity index (χ0n) is 16.5. The first-order valence-electron chi connectivity index (χ1n) is 9.07. The van der Waals surface area contributed by atoms with Gasteiger partial charge in [0.05, 0.1) is 19.1 Å². The Morgan fingerprint density at radius 2 is 1.97 bits per heavy atom. The predicted molar refractivity (Wildman–Crippen MR) is 113 cm³/mol. The van der Waals surface area contributed by atoms with Crippen LogP contribution in [0.2, 0.25) is 0 Å². The Labute approximate surface area is 178 Å². The Bertz CT molecular complexity index is 1020. The Kier molecular flexibility index (Phi) is 7.06. The van der Waals surface area contributed by atoms with E-state index in [-0.39, 0.29) is 29.0 Å². The Morgan fingerprint density at radius 3 is 2.60 bits per heavy atom. The van der Waals surface area contributed by atoms with E-state index in [0.717, 1.165) is 24.0 Å². The van der Waals surface area contributed by atoms with Gasteiger partial charge >= 0.3 is 0 Å². The number of rotatable bonds is 9. The second-order valence-corrected chi connectivity index (χ2v) is 9.38. The number of hydrogen-bond acceptors (Lipinski definition) is 8. The highest BCUT2D eigenvalue weighted by Crippen LogP contribution is 2.32. The number of hydrogen-bond donors (Lipinski definition) is 1. The first kappa shape index (κ1) is 22.2. The molecule has 1 N–H and O–H groups in total. The van der Waals surface area contributed by atoms with Crippen LogP contribution >= 0.6 is 11.8 Å². The third kappa shape index (κ3) is 5.15. The van der Waals surface area contributed by atoms with Crippen molar-refractivity contribution in [2.75, 3.05) is 25.7 Å². The van der Waals surface area contributed by atoms with E-state index >= 15 is 0 Å². The molecule has 0 amide bonds.